The lowest BCUT2D eigenvalue weighted by Crippen LogP contribution is -2.38. The Labute approximate surface area is 108 Å². The molecule has 1 N–H and O–H groups in total. The van der Waals surface area contributed by atoms with Crippen molar-refractivity contribution >= 4 is 5.91 Å². The molecule has 3 nitrogen and oxygen atoms in total. The van der Waals surface area contributed by atoms with Crippen LogP contribution in [0, 0.1) is 6.92 Å². The summed E-state index contributed by atoms with van der Waals surface area (Å²) in [5.41, 5.74) is 2.50. The minimum atomic E-state index is 0.0850. The van der Waals surface area contributed by atoms with E-state index in [4.69, 9.17) is 0 Å². The Bertz CT molecular complexity index is 452. The fourth-order valence-corrected chi connectivity index (χ4v) is 3.27. The highest BCUT2D eigenvalue weighted by atomic mass is 16.2. The zero-order chi connectivity index (χ0) is 12.5. The summed E-state index contributed by atoms with van der Waals surface area (Å²) in [4.78, 5) is 14.2. The maximum Gasteiger partial charge on any atom is 0.238 e. The largest absolute Gasteiger partial charge is 0.319 e. The van der Waals surface area contributed by atoms with Gasteiger partial charge in [-0.05, 0) is 30.9 Å². The first-order valence-corrected chi connectivity index (χ1v) is 6.87. The van der Waals surface area contributed by atoms with Gasteiger partial charge in [-0.15, -0.1) is 0 Å². The van der Waals surface area contributed by atoms with Gasteiger partial charge < -0.3 is 4.90 Å². The maximum absolute atomic E-state index is 12.1. The molecule has 1 aliphatic heterocycles. The third-order valence-electron chi connectivity index (χ3n) is 4.21. The molecule has 3 rings (SSSR count). The first-order valence-electron chi connectivity index (χ1n) is 6.87. The van der Waals surface area contributed by atoms with Crippen molar-refractivity contribution in [1.82, 2.24) is 10.2 Å². The van der Waals surface area contributed by atoms with Crippen molar-refractivity contribution in [2.75, 3.05) is 6.54 Å². The number of carbonyl (C=O) groups is 1. The molecule has 0 bridgehead atoms. The lowest BCUT2D eigenvalue weighted by molar-refractivity contribution is -0.130. The summed E-state index contributed by atoms with van der Waals surface area (Å²) in [6.45, 7) is 2.60. The van der Waals surface area contributed by atoms with Gasteiger partial charge in [-0.1, -0.05) is 37.1 Å². The minimum Gasteiger partial charge on any atom is -0.319 e. The minimum absolute atomic E-state index is 0.0850. The van der Waals surface area contributed by atoms with Crippen molar-refractivity contribution < 1.29 is 4.79 Å². The van der Waals surface area contributed by atoms with Crippen molar-refractivity contribution in [2.45, 2.75) is 44.8 Å². The first kappa shape index (κ1) is 11.7. The van der Waals surface area contributed by atoms with Crippen LogP contribution < -0.4 is 5.32 Å². The number of amides is 1. The van der Waals surface area contributed by atoms with Crippen LogP contribution in [0.3, 0.4) is 0 Å². The summed E-state index contributed by atoms with van der Waals surface area (Å²) >= 11 is 0. The topological polar surface area (TPSA) is 32.3 Å². The van der Waals surface area contributed by atoms with E-state index in [2.05, 4.69) is 41.4 Å². The molecule has 2 aliphatic rings. The second kappa shape index (κ2) is 4.73. The SMILES string of the molecule is Cc1ccccc1C1NCC(=O)N1C1CCCC1. The van der Waals surface area contributed by atoms with Crippen LogP contribution >= 0.6 is 0 Å². The number of carbonyl (C=O) groups excluding carboxylic acids is 1. The molecule has 1 unspecified atom stereocenters. The smallest absolute Gasteiger partial charge is 0.238 e. The standard InChI is InChI=1S/C15H20N2O/c1-11-6-2-5-9-13(11)15-16-10-14(18)17(15)12-7-3-4-8-12/h2,5-6,9,12,15-16H,3-4,7-8,10H2,1H3. The number of nitrogens with zero attached hydrogens (tertiary/aromatic N) is 1. The molecule has 0 radical (unpaired) electrons. The Hall–Kier alpha value is -1.35. The fraction of sp³-hybridized carbons (Fsp3) is 0.533. The van der Waals surface area contributed by atoms with E-state index in [1.54, 1.807) is 0 Å². The predicted molar refractivity (Wildman–Crippen MR) is 71.0 cm³/mol. The van der Waals surface area contributed by atoms with Gasteiger partial charge in [0.2, 0.25) is 5.91 Å². The molecule has 18 heavy (non-hydrogen) atoms. The highest BCUT2D eigenvalue weighted by Crippen LogP contribution is 2.33. The number of aryl methyl sites for hydroxylation is 1. The van der Waals surface area contributed by atoms with Gasteiger partial charge in [0, 0.05) is 6.04 Å². The predicted octanol–water partition coefficient (Wildman–Crippen LogP) is 2.37. The summed E-state index contributed by atoms with van der Waals surface area (Å²) in [6, 6.07) is 8.80. The Morgan fingerprint density at radius 2 is 1.94 bits per heavy atom. The van der Waals surface area contributed by atoms with E-state index in [1.807, 2.05) is 0 Å². The molecule has 1 amide bonds. The molecule has 0 spiro atoms. The number of hydrogen-bond donors (Lipinski definition) is 1. The van der Waals surface area contributed by atoms with Crippen LogP contribution in [0.2, 0.25) is 0 Å². The van der Waals surface area contributed by atoms with Crippen LogP contribution in [-0.2, 0) is 4.79 Å². The Morgan fingerprint density at radius 1 is 1.22 bits per heavy atom. The monoisotopic (exact) mass is 244 g/mol. The molecule has 0 aromatic heterocycles. The average Bonchev–Trinajstić information content (AvgIpc) is 2.98. The lowest BCUT2D eigenvalue weighted by Gasteiger charge is -2.31. The van der Waals surface area contributed by atoms with E-state index >= 15 is 0 Å². The number of benzene rings is 1. The third kappa shape index (κ3) is 1.93. The number of nitrogens with one attached hydrogen (secondary N) is 1. The molecule has 1 atom stereocenters. The van der Waals surface area contributed by atoms with Gasteiger partial charge in [0.1, 0.15) is 6.17 Å². The molecule has 1 aromatic carbocycles. The second-order valence-corrected chi connectivity index (χ2v) is 5.38. The lowest BCUT2D eigenvalue weighted by atomic mass is 10.0. The van der Waals surface area contributed by atoms with Crippen LogP contribution in [0.15, 0.2) is 24.3 Å². The highest BCUT2D eigenvalue weighted by Gasteiger charge is 2.38. The molecular formula is C15H20N2O. The molecule has 3 heteroatoms. The van der Waals surface area contributed by atoms with E-state index in [9.17, 15) is 4.79 Å². The average molecular weight is 244 g/mol. The number of hydrogen-bond acceptors (Lipinski definition) is 2. The van der Waals surface area contributed by atoms with Crippen molar-refractivity contribution in [3.63, 3.8) is 0 Å². The zero-order valence-electron chi connectivity index (χ0n) is 10.9. The Kier molecular flexibility index (Phi) is 3.08. The van der Waals surface area contributed by atoms with Gasteiger partial charge in [-0.2, -0.15) is 0 Å². The summed E-state index contributed by atoms with van der Waals surface area (Å²) in [5.74, 6) is 0.259. The summed E-state index contributed by atoms with van der Waals surface area (Å²) in [5, 5.41) is 3.37. The molecular weight excluding hydrogens is 224 g/mol. The molecule has 2 fully saturated rings. The van der Waals surface area contributed by atoms with Gasteiger partial charge >= 0.3 is 0 Å². The van der Waals surface area contributed by atoms with Crippen LogP contribution in [-0.4, -0.2) is 23.4 Å². The van der Waals surface area contributed by atoms with Gasteiger partial charge in [0.15, 0.2) is 0 Å². The Morgan fingerprint density at radius 3 is 2.67 bits per heavy atom. The van der Waals surface area contributed by atoms with E-state index in [0.717, 1.165) is 12.8 Å². The van der Waals surface area contributed by atoms with Crippen LogP contribution in [0.4, 0.5) is 0 Å². The molecule has 1 saturated carbocycles. The molecule has 1 saturated heterocycles. The maximum atomic E-state index is 12.1. The number of rotatable bonds is 2. The van der Waals surface area contributed by atoms with Gasteiger partial charge in [0.25, 0.3) is 0 Å². The van der Waals surface area contributed by atoms with Crippen LogP contribution in [0.5, 0.6) is 0 Å². The second-order valence-electron chi connectivity index (χ2n) is 5.38. The van der Waals surface area contributed by atoms with E-state index in [-0.39, 0.29) is 12.1 Å². The third-order valence-corrected chi connectivity index (χ3v) is 4.21. The van der Waals surface area contributed by atoms with Gasteiger partial charge in [0.05, 0.1) is 6.54 Å². The Balaban J connectivity index is 1.91. The van der Waals surface area contributed by atoms with Gasteiger partial charge in [-0.3, -0.25) is 10.1 Å². The quantitative estimate of drug-likeness (QED) is 0.866. The van der Waals surface area contributed by atoms with E-state index in [0.29, 0.717) is 12.6 Å². The van der Waals surface area contributed by atoms with Crippen LogP contribution in [0.25, 0.3) is 0 Å². The zero-order valence-corrected chi connectivity index (χ0v) is 10.9. The van der Waals surface area contributed by atoms with Crippen molar-refractivity contribution in [3.8, 4) is 0 Å². The summed E-state index contributed by atoms with van der Waals surface area (Å²) in [6.07, 6.45) is 4.93. The molecule has 96 valence electrons. The van der Waals surface area contributed by atoms with Crippen molar-refractivity contribution in [3.05, 3.63) is 35.4 Å². The van der Waals surface area contributed by atoms with Gasteiger partial charge in [-0.25, -0.2) is 0 Å². The molecule has 1 aromatic rings. The van der Waals surface area contributed by atoms with Crippen LogP contribution in [0.1, 0.15) is 43.0 Å². The first-order chi connectivity index (χ1) is 8.77. The fourth-order valence-electron chi connectivity index (χ4n) is 3.27. The van der Waals surface area contributed by atoms with E-state index < -0.39 is 0 Å². The highest BCUT2D eigenvalue weighted by molar-refractivity contribution is 5.81. The summed E-state index contributed by atoms with van der Waals surface area (Å²) in [7, 11) is 0. The molecule has 1 heterocycles. The molecule has 1 aliphatic carbocycles. The van der Waals surface area contributed by atoms with Crippen molar-refractivity contribution in [1.29, 1.82) is 0 Å². The van der Waals surface area contributed by atoms with E-state index in [1.165, 1.54) is 24.0 Å². The summed E-state index contributed by atoms with van der Waals surface area (Å²) < 4.78 is 0. The normalized spacial score (nSPS) is 25.1. The van der Waals surface area contributed by atoms with Crippen molar-refractivity contribution in [2.24, 2.45) is 0 Å².